The Bertz CT molecular complexity index is 1930. The monoisotopic (exact) mass is 834 g/mol. The molecule has 1 aromatic heterocycles. The van der Waals surface area contributed by atoms with Crippen molar-refractivity contribution in [2.24, 2.45) is 11.8 Å². The lowest BCUT2D eigenvalue weighted by atomic mass is 9.81. The zero-order valence-corrected chi connectivity index (χ0v) is 33.7. The maximum absolute atomic E-state index is 13.8. The lowest BCUT2D eigenvalue weighted by Gasteiger charge is -2.29. The average molecular weight is 835 g/mol. The molecule has 0 radical (unpaired) electrons. The van der Waals surface area contributed by atoms with Gasteiger partial charge in [0.15, 0.2) is 0 Å². The van der Waals surface area contributed by atoms with Crippen molar-refractivity contribution in [3.8, 4) is 22.5 Å². The summed E-state index contributed by atoms with van der Waals surface area (Å²) in [4.78, 5) is 51.0. The Hall–Kier alpha value is -5.46. The number of amides is 4. The van der Waals surface area contributed by atoms with Crippen LogP contribution in [0.3, 0.4) is 0 Å². The molecule has 17 nitrogen and oxygen atoms in total. The number of rotatable bonds is 23. The van der Waals surface area contributed by atoms with E-state index in [0.29, 0.717) is 113 Å². The fraction of sp³-hybridized carbons (Fsp3) is 0.439. The third-order valence-electron chi connectivity index (χ3n) is 9.79. The van der Waals surface area contributed by atoms with Gasteiger partial charge in [-0.1, -0.05) is 41.9 Å². The Morgan fingerprint density at radius 2 is 1.49 bits per heavy atom. The number of nitrogens with zero attached hydrogens (tertiary/aromatic N) is 3. The van der Waals surface area contributed by atoms with Gasteiger partial charge >= 0.3 is 6.09 Å². The molecule has 6 N–H and O–H groups in total. The summed E-state index contributed by atoms with van der Waals surface area (Å²) in [5.74, 6) is -0.601. The third kappa shape index (κ3) is 14.7. The van der Waals surface area contributed by atoms with E-state index in [9.17, 15) is 19.2 Å². The smallest absolute Gasteiger partial charge is 0.404 e. The molecule has 0 bridgehead atoms. The molecule has 4 amide bonds. The van der Waals surface area contributed by atoms with Gasteiger partial charge < -0.3 is 45.3 Å². The van der Waals surface area contributed by atoms with Crippen molar-refractivity contribution in [3.63, 3.8) is 0 Å². The van der Waals surface area contributed by atoms with Gasteiger partial charge in [0, 0.05) is 59.9 Å². The quantitative estimate of drug-likeness (QED) is 0.0574. The van der Waals surface area contributed by atoms with Crippen molar-refractivity contribution in [3.05, 3.63) is 82.9 Å². The zero-order chi connectivity index (χ0) is 41.8. The second kappa shape index (κ2) is 23.8. The second-order valence-electron chi connectivity index (χ2n) is 13.9. The second-order valence-corrected chi connectivity index (χ2v) is 14.4. The van der Waals surface area contributed by atoms with Gasteiger partial charge in [-0.05, 0) is 84.3 Å². The number of aromatic nitrogens is 4. The average Bonchev–Trinajstić information content (AvgIpc) is 3.79. The van der Waals surface area contributed by atoms with E-state index in [1.54, 1.807) is 49.6 Å². The van der Waals surface area contributed by atoms with Gasteiger partial charge in [-0.25, -0.2) is 4.79 Å². The van der Waals surface area contributed by atoms with Crippen LogP contribution in [0.15, 0.2) is 66.7 Å². The van der Waals surface area contributed by atoms with E-state index in [0.717, 1.165) is 16.7 Å². The SMILES string of the molecule is COCCOCCOCCOCCNC(=O)c1ccc(-c2ccc(C[C@H](NC(=O)[C@H]3CC[C@H](CNC(=O)O)CC3)C(=O)Nc3ccc(-c4nn[nH]n4)cc3)cc2)c(Cl)c1. The van der Waals surface area contributed by atoms with E-state index < -0.39 is 12.1 Å². The normalized spacial score (nSPS) is 15.6. The molecule has 0 unspecified atom stereocenters. The lowest BCUT2D eigenvalue weighted by molar-refractivity contribution is -0.130. The van der Waals surface area contributed by atoms with E-state index in [1.807, 2.05) is 24.3 Å². The number of carbonyl (C=O) groups is 4. The number of benzene rings is 3. The van der Waals surface area contributed by atoms with Crippen LogP contribution in [0.1, 0.15) is 41.6 Å². The summed E-state index contributed by atoms with van der Waals surface area (Å²) in [5, 5.41) is 34.5. The van der Waals surface area contributed by atoms with Crippen LogP contribution < -0.4 is 21.3 Å². The molecule has 1 fully saturated rings. The first kappa shape index (κ1) is 44.6. The molecular weight excluding hydrogens is 784 g/mol. The first-order valence-electron chi connectivity index (χ1n) is 19.5. The highest BCUT2D eigenvalue weighted by molar-refractivity contribution is 6.33. The Kier molecular flexibility index (Phi) is 18.0. The number of ether oxygens (including phenoxy) is 4. The highest BCUT2D eigenvalue weighted by Crippen LogP contribution is 2.31. The van der Waals surface area contributed by atoms with E-state index in [1.165, 1.54) is 0 Å². The number of carboxylic acid groups (broad SMARTS) is 1. The predicted molar refractivity (Wildman–Crippen MR) is 219 cm³/mol. The fourth-order valence-electron chi connectivity index (χ4n) is 6.54. The summed E-state index contributed by atoms with van der Waals surface area (Å²) in [7, 11) is 1.62. The van der Waals surface area contributed by atoms with E-state index >= 15 is 0 Å². The number of anilines is 1. The number of nitrogens with one attached hydrogen (secondary N) is 5. The maximum Gasteiger partial charge on any atom is 0.404 e. The van der Waals surface area contributed by atoms with E-state index in [-0.39, 0.29) is 36.0 Å². The summed E-state index contributed by atoms with van der Waals surface area (Å²) in [6.07, 6.45) is 1.75. The summed E-state index contributed by atoms with van der Waals surface area (Å²) < 4.78 is 21.2. The molecule has 316 valence electrons. The Balaban J connectivity index is 1.14. The van der Waals surface area contributed by atoms with Crippen molar-refractivity contribution in [2.75, 3.05) is 71.8 Å². The van der Waals surface area contributed by atoms with Crippen molar-refractivity contribution in [2.45, 2.75) is 38.1 Å². The lowest BCUT2D eigenvalue weighted by Crippen LogP contribution is -2.48. The minimum atomic E-state index is -1.06. The van der Waals surface area contributed by atoms with E-state index in [4.69, 9.17) is 35.7 Å². The number of methoxy groups -OCH3 is 1. The largest absolute Gasteiger partial charge is 0.465 e. The highest BCUT2D eigenvalue weighted by atomic mass is 35.5. The Morgan fingerprint density at radius 1 is 0.831 bits per heavy atom. The molecule has 1 saturated carbocycles. The highest BCUT2D eigenvalue weighted by Gasteiger charge is 2.30. The third-order valence-corrected chi connectivity index (χ3v) is 10.1. The van der Waals surface area contributed by atoms with Crippen LogP contribution in [-0.2, 0) is 35.0 Å². The van der Waals surface area contributed by atoms with Crippen LogP contribution in [-0.4, -0.2) is 122 Å². The molecule has 5 rings (SSSR count). The Labute approximate surface area is 347 Å². The van der Waals surface area contributed by atoms with Crippen LogP contribution in [0.25, 0.3) is 22.5 Å². The summed E-state index contributed by atoms with van der Waals surface area (Å²) in [5.41, 5.74) is 3.99. The number of hydrogen-bond donors (Lipinski definition) is 6. The van der Waals surface area contributed by atoms with Gasteiger partial charge in [0.1, 0.15) is 6.04 Å². The predicted octanol–water partition coefficient (Wildman–Crippen LogP) is 4.35. The number of halogens is 1. The van der Waals surface area contributed by atoms with Gasteiger partial charge in [0.2, 0.25) is 17.6 Å². The minimum Gasteiger partial charge on any atom is -0.465 e. The zero-order valence-electron chi connectivity index (χ0n) is 32.9. The van der Waals surface area contributed by atoms with Crippen LogP contribution in [0.2, 0.25) is 5.02 Å². The molecule has 3 aromatic carbocycles. The Morgan fingerprint density at radius 3 is 2.12 bits per heavy atom. The van der Waals surface area contributed by atoms with Gasteiger partial charge in [0.25, 0.3) is 5.91 Å². The number of tetrazole rings is 1. The molecule has 4 aromatic rings. The summed E-state index contributed by atoms with van der Waals surface area (Å²) in [6, 6.07) is 18.7. The topological polar surface area (TPSA) is 228 Å². The molecule has 0 aliphatic heterocycles. The molecule has 1 aliphatic carbocycles. The maximum atomic E-state index is 13.8. The molecule has 18 heteroatoms. The first-order chi connectivity index (χ1) is 28.7. The van der Waals surface area contributed by atoms with Crippen LogP contribution >= 0.6 is 11.6 Å². The van der Waals surface area contributed by atoms with Crippen LogP contribution in [0.5, 0.6) is 0 Å². The summed E-state index contributed by atoms with van der Waals surface area (Å²) in [6.45, 7) is 3.83. The number of carbonyl (C=O) groups excluding carboxylic acids is 3. The van der Waals surface area contributed by atoms with Gasteiger partial charge in [0.05, 0.1) is 46.2 Å². The van der Waals surface area contributed by atoms with Gasteiger partial charge in [-0.15, -0.1) is 10.2 Å². The van der Waals surface area contributed by atoms with Crippen molar-refractivity contribution >= 4 is 41.1 Å². The number of H-pyrrole nitrogens is 1. The van der Waals surface area contributed by atoms with E-state index in [2.05, 4.69) is 41.9 Å². The van der Waals surface area contributed by atoms with Gasteiger partial charge in [-0.2, -0.15) is 5.21 Å². The molecule has 0 saturated heterocycles. The number of aromatic amines is 1. The van der Waals surface area contributed by atoms with Crippen LogP contribution in [0, 0.1) is 11.8 Å². The van der Waals surface area contributed by atoms with Crippen LogP contribution in [0.4, 0.5) is 10.5 Å². The molecule has 1 atom stereocenters. The van der Waals surface area contributed by atoms with Crippen molar-refractivity contribution in [1.82, 2.24) is 36.6 Å². The molecule has 1 heterocycles. The van der Waals surface area contributed by atoms with Gasteiger partial charge in [-0.3, -0.25) is 14.4 Å². The summed E-state index contributed by atoms with van der Waals surface area (Å²) >= 11 is 6.67. The molecular formula is C41H51ClN8O9. The van der Waals surface area contributed by atoms with Crippen molar-refractivity contribution in [1.29, 1.82) is 0 Å². The fourth-order valence-corrected chi connectivity index (χ4v) is 6.83. The minimum absolute atomic E-state index is 0.162. The molecule has 0 spiro atoms. The first-order valence-corrected chi connectivity index (χ1v) is 19.9. The van der Waals surface area contributed by atoms with Crippen molar-refractivity contribution < 1.29 is 43.2 Å². The number of hydrogen-bond acceptors (Lipinski definition) is 11. The molecule has 59 heavy (non-hydrogen) atoms. The standard InChI is InChI=1S/C41H51ClN8O9/c1-56-18-19-58-22-23-59-21-20-57-17-16-43-38(51)32-12-15-34(35(42)25-32)29-6-2-27(3-7-29)24-36(46-39(52)31-8-4-28(5-9-31)26-44-41(54)55)40(53)45-33-13-10-30(11-14-33)37-47-49-50-48-37/h2-3,6-7,10-15,25,28,31,36,44H,4-5,8-9,16-24,26H2,1H3,(H,43,51)(H,45,53)(H,46,52)(H,54,55)(H,47,48,49,50)/t28-,31-,36-/m0/s1. The molecule has 1 aliphatic rings.